The summed E-state index contributed by atoms with van der Waals surface area (Å²) >= 11 is 6.45. The minimum Gasteiger partial charge on any atom is -0.497 e. The zero-order chi connectivity index (χ0) is 29.4. The van der Waals surface area contributed by atoms with E-state index in [1.807, 2.05) is 6.07 Å². The first-order valence-electron chi connectivity index (χ1n) is 13.8. The number of methoxy groups -OCH3 is 1. The number of carbonyl (C=O) groups is 2. The van der Waals surface area contributed by atoms with Gasteiger partial charge in [0, 0.05) is 12.6 Å². The van der Waals surface area contributed by atoms with Crippen LogP contribution in [0.25, 0.3) is 0 Å². The first-order valence-corrected chi connectivity index (χ1v) is 15.6. The highest BCUT2D eigenvalue weighted by atomic mass is 35.5. The molecule has 10 heteroatoms. The van der Waals surface area contributed by atoms with E-state index >= 15 is 0 Å². The Bertz CT molecular complexity index is 1440. The molecule has 1 atom stereocenters. The SMILES string of the molecule is COc1cccc(CN(C(=O)CN(c2ccccc2Cl)S(=O)(=O)c2ccccc2)[C@@H](C)C(=O)NC2CCCCC2)c1. The molecule has 3 aromatic rings. The minimum atomic E-state index is -4.18. The second-order valence-electron chi connectivity index (χ2n) is 10.2. The number of benzene rings is 3. The number of anilines is 1. The van der Waals surface area contributed by atoms with Crippen LogP contribution >= 0.6 is 11.6 Å². The van der Waals surface area contributed by atoms with Crippen molar-refractivity contribution >= 4 is 39.1 Å². The van der Waals surface area contributed by atoms with Gasteiger partial charge < -0.3 is 15.0 Å². The molecule has 0 aromatic heterocycles. The van der Waals surface area contributed by atoms with E-state index in [1.165, 1.54) is 17.0 Å². The van der Waals surface area contributed by atoms with Crippen molar-refractivity contribution in [2.24, 2.45) is 0 Å². The number of sulfonamides is 1. The Balaban J connectivity index is 1.68. The third-order valence-corrected chi connectivity index (χ3v) is 9.43. The van der Waals surface area contributed by atoms with Gasteiger partial charge in [0.15, 0.2) is 0 Å². The van der Waals surface area contributed by atoms with Crippen molar-refractivity contribution in [3.63, 3.8) is 0 Å². The Morgan fingerprint density at radius 2 is 1.66 bits per heavy atom. The van der Waals surface area contributed by atoms with E-state index in [1.54, 1.807) is 74.7 Å². The molecule has 3 aromatic carbocycles. The molecular formula is C31H36ClN3O5S. The Kier molecular flexibility index (Phi) is 10.3. The van der Waals surface area contributed by atoms with Crippen LogP contribution in [0.5, 0.6) is 5.75 Å². The van der Waals surface area contributed by atoms with Gasteiger partial charge in [-0.2, -0.15) is 0 Å². The molecule has 0 heterocycles. The first kappa shape index (κ1) is 30.4. The van der Waals surface area contributed by atoms with Gasteiger partial charge in [-0.1, -0.05) is 73.3 Å². The van der Waals surface area contributed by atoms with Gasteiger partial charge in [0.25, 0.3) is 10.0 Å². The molecule has 2 amide bonds. The van der Waals surface area contributed by atoms with Gasteiger partial charge in [-0.05, 0) is 61.7 Å². The molecule has 8 nitrogen and oxygen atoms in total. The summed E-state index contributed by atoms with van der Waals surface area (Å²) in [5.74, 6) is -0.208. The van der Waals surface area contributed by atoms with Crippen molar-refractivity contribution in [3.05, 3.63) is 89.4 Å². The van der Waals surface area contributed by atoms with Gasteiger partial charge in [0.1, 0.15) is 18.3 Å². The fourth-order valence-electron chi connectivity index (χ4n) is 5.01. The standard InChI is InChI=1S/C31H36ClN3O5S/c1-23(31(37)33-25-13-5-3-6-14-25)34(21-24-12-11-15-26(20-24)40-2)30(36)22-35(29-19-10-9-18-28(29)32)41(38,39)27-16-7-4-8-17-27/h4,7-12,15-20,23,25H,3,5-6,13-14,21-22H2,1-2H3,(H,33,37)/t23-/m0/s1. The van der Waals surface area contributed by atoms with Crippen LogP contribution in [0, 0.1) is 0 Å². The highest BCUT2D eigenvalue weighted by Crippen LogP contribution is 2.31. The predicted octanol–water partition coefficient (Wildman–Crippen LogP) is 5.41. The topological polar surface area (TPSA) is 96.0 Å². The highest BCUT2D eigenvalue weighted by molar-refractivity contribution is 7.92. The summed E-state index contributed by atoms with van der Waals surface area (Å²) in [6.45, 7) is 1.20. The number of hydrogen-bond donors (Lipinski definition) is 1. The second-order valence-corrected chi connectivity index (χ2v) is 12.4. The predicted molar refractivity (Wildman–Crippen MR) is 160 cm³/mol. The number of para-hydroxylation sites is 1. The second kappa shape index (κ2) is 13.9. The van der Waals surface area contributed by atoms with Crippen molar-refractivity contribution in [2.75, 3.05) is 18.0 Å². The van der Waals surface area contributed by atoms with Gasteiger partial charge in [-0.25, -0.2) is 8.42 Å². The number of hydrogen-bond acceptors (Lipinski definition) is 5. The van der Waals surface area contributed by atoms with Crippen LogP contribution in [0.3, 0.4) is 0 Å². The third-order valence-electron chi connectivity index (χ3n) is 7.34. The molecule has 1 aliphatic carbocycles. The van der Waals surface area contributed by atoms with Crippen LogP contribution in [-0.2, 0) is 26.2 Å². The summed E-state index contributed by atoms with van der Waals surface area (Å²) in [4.78, 5) is 28.9. The summed E-state index contributed by atoms with van der Waals surface area (Å²) in [7, 11) is -2.62. The minimum absolute atomic E-state index is 0.0233. The summed E-state index contributed by atoms with van der Waals surface area (Å²) in [6.07, 6.45) is 5.05. The van der Waals surface area contributed by atoms with E-state index in [9.17, 15) is 18.0 Å². The summed E-state index contributed by atoms with van der Waals surface area (Å²) in [5.41, 5.74) is 0.914. The van der Waals surface area contributed by atoms with E-state index in [4.69, 9.17) is 16.3 Å². The average Bonchev–Trinajstić information content (AvgIpc) is 2.99. The Labute approximate surface area is 247 Å². The lowest BCUT2D eigenvalue weighted by molar-refractivity contribution is -0.139. The molecule has 0 bridgehead atoms. The molecule has 41 heavy (non-hydrogen) atoms. The summed E-state index contributed by atoms with van der Waals surface area (Å²) < 4.78 is 34.1. The van der Waals surface area contributed by atoms with E-state index < -0.39 is 28.5 Å². The fraction of sp³-hybridized carbons (Fsp3) is 0.355. The molecule has 1 fully saturated rings. The Hall–Kier alpha value is -3.56. The molecule has 1 aliphatic rings. The number of carbonyl (C=O) groups excluding carboxylic acids is 2. The molecule has 0 aliphatic heterocycles. The Morgan fingerprint density at radius 3 is 2.34 bits per heavy atom. The first-order chi connectivity index (χ1) is 19.7. The lowest BCUT2D eigenvalue weighted by Crippen LogP contribution is -2.53. The van der Waals surface area contributed by atoms with Crippen molar-refractivity contribution in [2.45, 2.75) is 62.6 Å². The van der Waals surface area contributed by atoms with Crippen LogP contribution in [0.1, 0.15) is 44.6 Å². The van der Waals surface area contributed by atoms with Crippen LogP contribution in [0.2, 0.25) is 5.02 Å². The molecule has 0 spiro atoms. The smallest absolute Gasteiger partial charge is 0.264 e. The van der Waals surface area contributed by atoms with Gasteiger partial charge >= 0.3 is 0 Å². The molecule has 1 N–H and O–H groups in total. The number of ether oxygens (including phenoxy) is 1. The number of nitrogens with one attached hydrogen (secondary N) is 1. The van der Waals surface area contributed by atoms with Gasteiger partial charge in [-0.3, -0.25) is 13.9 Å². The van der Waals surface area contributed by atoms with E-state index in [0.717, 1.165) is 42.0 Å². The van der Waals surface area contributed by atoms with E-state index in [-0.39, 0.29) is 34.1 Å². The highest BCUT2D eigenvalue weighted by Gasteiger charge is 2.34. The number of rotatable bonds is 11. The van der Waals surface area contributed by atoms with Crippen molar-refractivity contribution in [1.82, 2.24) is 10.2 Å². The van der Waals surface area contributed by atoms with Crippen LogP contribution in [-0.4, -0.2) is 50.9 Å². The zero-order valence-corrected chi connectivity index (χ0v) is 24.9. The van der Waals surface area contributed by atoms with E-state index in [0.29, 0.717) is 5.75 Å². The van der Waals surface area contributed by atoms with Crippen LogP contribution < -0.4 is 14.4 Å². The third kappa shape index (κ3) is 7.59. The maximum Gasteiger partial charge on any atom is 0.264 e. The van der Waals surface area contributed by atoms with Gasteiger partial charge in [0.05, 0.1) is 22.7 Å². The zero-order valence-electron chi connectivity index (χ0n) is 23.3. The molecule has 0 radical (unpaired) electrons. The quantitative estimate of drug-likeness (QED) is 0.319. The Morgan fingerprint density at radius 1 is 0.976 bits per heavy atom. The number of halogens is 1. The number of amides is 2. The molecular weight excluding hydrogens is 562 g/mol. The molecule has 4 rings (SSSR count). The van der Waals surface area contributed by atoms with Crippen molar-refractivity contribution in [3.8, 4) is 5.75 Å². The maximum atomic E-state index is 14.1. The summed E-state index contributed by atoms with van der Waals surface area (Å²) in [5, 5.41) is 3.28. The normalized spacial score (nSPS) is 14.6. The lowest BCUT2D eigenvalue weighted by atomic mass is 9.95. The van der Waals surface area contributed by atoms with Crippen LogP contribution in [0.4, 0.5) is 5.69 Å². The van der Waals surface area contributed by atoms with Gasteiger partial charge in [-0.15, -0.1) is 0 Å². The van der Waals surface area contributed by atoms with E-state index in [2.05, 4.69) is 5.32 Å². The molecule has 0 saturated heterocycles. The van der Waals surface area contributed by atoms with Crippen LogP contribution in [0.15, 0.2) is 83.8 Å². The number of nitrogens with zero attached hydrogens (tertiary/aromatic N) is 2. The largest absolute Gasteiger partial charge is 0.497 e. The fourth-order valence-corrected chi connectivity index (χ4v) is 6.75. The summed E-state index contributed by atoms with van der Waals surface area (Å²) in [6, 6.07) is 20.8. The molecule has 218 valence electrons. The van der Waals surface area contributed by atoms with Gasteiger partial charge in [0.2, 0.25) is 11.8 Å². The van der Waals surface area contributed by atoms with Crippen molar-refractivity contribution in [1.29, 1.82) is 0 Å². The average molecular weight is 598 g/mol. The molecule has 0 unspecified atom stereocenters. The molecule has 1 saturated carbocycles. The maximum absolute atomic E-state index is 14.1. The monoisotopic (exact) mass is 597 g/mol. The van der Waals surface area contributed by atoms with Crippen molar-refractivity contribution < 1.29 is 22.7 Å². The lowest BCUT2D eigenvalue weighted by Gasteiger charge is -2.33.